The van der Waals surface area contributed by atoms with Gasteiger partial charge in [-0.3, -0.25) is 9.89 Å². The van der Waals surface area contributed by atoms with E-state index < -0.39 is 0 Å². The lowest BCUT2D eigenvalue weighted by molar-refractivity contribution is 0.164. The van der Waals surface area contributed by atoms with E-state index in [-0.39, 0.29) is 12.5 Å². The Kier molecular flexibility index (Phi) is 8.91. The molecule has 0 aliphatic carbocycles. The van der Waals surface area contributed by atoms with Crippen molar-refractivity contribution in [3.8, 4) is 0 Å². The van der Waals surface area contributed by atoms with Gasteiger partial charge < -0.3 is 20.2 Å². The van der Waals surface area contributed by atoms with Crippen LogP contribution in [0.5, 0.6) is 0 Å². The van der Waals surface area contributed by atoms with Crippen LogP contribution in [-0.2, 0) is 6.54 Å². The number of aliphatic hydroxyl groups is 1. The van der Waals surface area contributed by atoms with Gasteiger partial charge in [0.25, 0.3) is 0 Å². The molecule has 0 amide bonds. The van der Waals surface area contributed by atoms with Gasteiger partial charge in [-0.1, -0.05) is 30.3 Å². The molecule has 1 saturated heterocycles. The summed E-state index contributed by atoms with van der Waals surface area (Å²) in [5.74, 6) is 3.20. The van der Waals surface area contributed by atoms with Crippen LogP contribution >= 0.6 is 0 Å². The van der Waals surface area contributed by atoms with Crippen LogP contribution in [0.1, 0.15) is 48.6 Å². The molecule has 3 rings (SSSR count). The molecule has 1 atom stereocenters. The molecule has 1 aliphatic rings. The average Bonchev–Trinajstić information content (AvgIpc) is 3.10. The van der Waals surface area contributed by atoms with E-state index in [0.717, 1.165) is 74.4 Å². The molecule has 3 N–H and O–H groups in total. The molecule has 0 saturated carbocycles. The van der Waals surface area contributed by atoms with Crippen LogP contribution in [0.15, 0.2) is 39.7 Å². The van der Waals surface area contributed by atoms with Crippen molar-refractivity contribution in [3.63, 3.8) is 0 Å². The highest BCUT2D eigenvalue weighted by atomic mass is 16.4. The van der Waals surface area contributed by atoms with Crippen LogP contribution in [0.2, 0.25) is 0 Å². The van der Waals surface area contributed by atoms with Gasteiger partial charge in [0.05, 0.1) is 25.4 Å². The maximum Gasteiger partial charge on any atom is 0.208 e. The summed E-state index contributed by atoms with van der Waals surface area (Å²) >= 11 is 0. The number of piperidine rings is 1. The first kappa shape index (κ1) is 23.3. The van der Waals surface area contributed by atoms with Crippen molar-refractivity contribution in [2.45, 2.75) is 46.1 Å². The number of benzene rings is 1. The summed E-state index contributed by atoms with van der Waals surface area (Å²) in [6.07, 6.45) is 2.29. The Hall–Kier alpha value is -2.38. The van der Waals surface area contributed by atoms with Crippen LogP contribution in [-0.4, -0.2) is 60.3 Å². The molecule has 2 aromatic rings. The largest absolute Gasteiger partial charge is 0.444 e. The van der Waals surface area contributed by atoms with Gasteiger partial charge in [-0.05, 0) is 58.2 Å². The van der Waals surface area contributed by atoms with Crippen LogP contribution < -0.4 is 10.6 Å². The Morgan fingerprint density at radius 1 is 1.23 bits per heavy atom. The van der Waals surface area contributed by atoms with Gasteiger partial charge in [0.15, 0.2) is 5.96 Å². The smallest absolute Gasteiger partial charge is 0.208 e. The van der Waals surface area contributed by atoms with Gasteiger partial charge >= 0.3 is 0 Å². The Morgan fingerprint density at radius 3 is 2.58 bits per heavy atom. The summed E-state index contributed by atoms with van der Waals surface area (Å²) < 4.78 is 5.73. The number of aryl methyl sites for hydroxylation is 2. The second-order valence-corrected chi connectivity index (χ2v) is 8.36. The lowest BCUT2D eigenvalue weighted by Gasteiger charge is -2.31. The highest BCUT2D eigenvalue weighted by Crippen LogP contribution is 2.19. The molecule has 7 heteroatoms. The normalized spacial score (nSPS) is 17.0. The molecule has 7 nitrogen and oxygen atoms in total. The van der Waals surface area contributed by atoms with Crippen molar-refractivity contribution < 1.29 is 9.52 Å². The SMILES string of the molecule is CCNC(=NCC(CO)c1ccccc1)NCC1CCN(Cc2nc(C)c(C)o2)CC1. The van der Waals surface area contributed by atoms with E-state index in [1.54, 1.807) is 0 Å². The zero-order chi connectivity index (χ0) is 22.1. The van der Waals surface area contributed by atoms with E-state index in [4.69, 9.17) is 9.41 Å². The highest BCUT2D eigenvalue weighted by Gasteiger charge is 2.21. The third-order valence-corrected chi connectivity index (χ3v) is 6.00. The minimum Gasteiger partial charge on any atom is -0.444 e. The lowest BCUT2D eigenvalue weighted by Crippen LogP contribution is -2.43. The molecular formula is C24H37N5O2. The number of aliphatic hydroxyl groups excluding tert-OH is 1. The standard InChI is InChI=1S/C24H37N5O2/c1-4-25-24(27-15-22(17-30)21-8-6-5-7-9-21)26-14-20-10-12-29(13-11-20)16-23-28-18(2)19(3)31-23/h5-9,20,22,30H,4,10-17H2,1-3H3,(H2,25,26,27). The fraction of sp³-hybridized carbons (Fsp3) is 0.583. The van der Waals surface area contributed by atoms with E-state index in [9.17, 15) is 5.11 Å². The van der Waals surface area contributed by atoms with Gasteiger partial charge in [0.1, 0.15) is 5.76 Å². The molecular weight excluding hydrogens is 390 g/mol. The summed E-state index contributed by atoms with van der Waals surface area (Å²) in [6, 6.07) is 10.1. The van der Waals surface area contributed by atoms with Crippen LogP contribution in [0.4, 0.5) is 0 Å². The third-order valence-electron chi connectivity index (χ3n) is 6.00. The zero-order valence-corrected chi connectivity index (χ0v) is 19.1. The first-order chi connectivity index (χ1) is 15.1. The molecule has 1 fully saturated rings. The van der Waals surface area contributed by atoms with Gasteiger partial charge in [0, 0.05) is 19.0 Å². The third kappa shape index (κ3) is 7.08. The summed E-state index contributed by atoms with van der Waals surface area (Å²) in [4.78, 5) is 11.7. The Labute approximate surface area is 186 Å². The van der Waals surface area contributed by atoms with E-state index in [1.165, 1.54) is 0 Å². The Balaban J connectivity index is 1.45. The molecule has 0 radical (unpaired) electrons. The lowest BCUT2D eigenvalue weighted by atomic mass is 9.97. The van der Waals surface area contributed by atoms with Gasteiger partial charge in [-0.2, -0.15) is 0 Å². The second kappa shape index (κ2) is 11.9. The minimum atomic E-state index is 0.0161. The van der Waals surface area contributed by atoms with Crippen LogP contribution in [0, 0.1) is 19.8 Å². The summed E-state index contributed by atoms with van der Waals surface area (Å²) in [6.45, 7) is 11.3. The number of likely N-dealkylation sites (tertiary alicyclic amines) is 1. The van der Waals surface area contributed by atoms with Gasteiger partial charge in [0.2, 0.25) is 5.89 Å². The molecule has 1 aromatic carbocycles. The fourth-order valence-electron chi connectivity index (χ4n) is 3.92. The number of rotatable bonds is 9. The van der Waals surface area contributed by atoms with E-state index >= 15 is 0 Å². The first-order valence-corrected chi connectivity index (χ1v) is 11.4. The topological polar surface area (TPSA) is 85.9 Å². The molecule has 0 bridgehead atoms. The number of guanidine groups is 1. The Bertz CT molecular complexity index is 793. The first-order valence-electron chi connectivity index (χ1n) is 11.4. The number of aliphatic imine (C=N–C) groups is 1. The number of hydrogen-bond donors (Lipinski definition) is 3. The maximum atomic E-state index is 9.78. The number of hydrogen-bond acceptors (Lipinski definition) is 5. The molecule has 31 heavy (non-hydrogen) atoms. The molecule has 1 aromatic heterocycles. The molecule has 0 spiro atoms. The van der Waals surface area contributed by atoms with E-state index in [2.05, 4.69) is 27.4 Å². The van der Waals surface area contributed by atoms with Crippen molar-refractivity contribution in [2.75, 3.05) is 39.3 Å². The van der Waals surface area contributed by atoms with Crippen molar-refractivity contribution in [3.05, 3.63) is 53.2 Å². The minimum absolute atomic E-state index is 0.0161. The second-order valence-electron chi connectivity index (χ2n) is 8.36. The number of oxazole rings is 1. The predicted molar refractivity (Wildman–Crippen MR) is 124 cm³/mol. The summed E-state index contributed by atoms with van der Waals surface area (Å²) in [5.41, 5.74) is 2.11. The number of nitrogens with one attached hydrogen (secondary N) is 2. The fourth-order valence-corrected chi connectivity index (χ4v) is 3.92. The van der Waals surface area contributed by atoms with E-state index in [0.29, 0.717) is 12.5 Å². The van der Waals surface area contributed by atoms with Crippen molar-refractivity contribution in [1.29, 1.82) is 0 Å². The zero-order valence-electron chi connectivity index (χ0n) is 19.1. The molecule has 1 unspecified atom stereocenters. The van der Waals surface area contributed by atoms with Crippen molar-refractivity contribution >= 4 is 5.96 Å². The predicted octanol–water partition coefficient (Wildman–Crippen LogP) is 2.83. The highest BCUT2D eigenvalue weighted by molar-refractivity contribution is 5.79. The number of nitrogens with zero attached hydrogens (tertiary/aromatic N) is 3. The van der Waals surface area contributed by atoms with Crippen LogP contribution in [0.25, 0.3) is 0 Å². The van der Waals surface area contributed by atoms with Crippen LogP contribution in [0.3, 0.4) is 0 Å². The summed E-state index contributed by atoms with van der Waals surface area (Å²) in [7, 11) is 0. The average molecular weight is 428 g/mol. The summed E-state index contributed by atoms with van der Waals surface area (Å²) in [5, 5.41) is 16.6. The Morgan fingerprint density at radius 2 is 1.97 bits per heavy atom. The monoisotopic (exact) mass is 427 g/mol. The number of aromatic nitrogens is 1. The molecule has 170 valence electrons. The quantitative estimate of drug-likeness (QED) is 0.421. The van der Waals surface area contributed by atoms with Gasteiger partial charge in [-0.15, -0.1) is 0 Å². The molecule has 2 heterocycles. The van der Waals surface area contributed by atoms with Crippen molar-refractivity contribution in [2.24, 2.45) is 10.9 Å². The maximum absolute atomic E-state index is 9.78. The van der Waals surface area contributed by atoms with Gasteiger partial charge in [-0.25, -0.2) is 4.98 Å². The van der Waals surface area contributed by atoms with E-state index in [1.807, 2.05) is 44.2 Å². The molecule has 1 aliphatic heterocycles. The van der Waals surface area contributed by atoms with Crippen molar-refractivity contribution in [1.82, 2.24) is 20.5 Å².